The summed E-state index contributed by atoms with van der Waals surface area (Å²) in [4.78, 5) is 26.7. The van der Waals surface area contributed by atoms with Crippen LogP contribution in [0.4, 0.5) is 0 Å². The Morgan fingerprint density at radius 2 is 2.04 bits per heavy atom. The van der Waals surface area contributed by atoms with Crippen molar-refractivity contribution in [2.24, 2.45) is 0 Å². The Morgan fingerprint density at radius 3 is 2.72 bits per heavy atom. The van der Waals surface area contributed by atoms with E-state index in [0.717, 1.165) is 31.1 Å². The van der Waals surface area contributed by atoms with E-state index in [2.05, 4.69) is 5.32 Å². The summed E-state index contributed by atoms with van der Waals surface area (Å²) in [5.74, 6) is -0.143. The molecule has 1 fully saturated rings. The van der Waals surface area contributed by atoms with Gasteiger partial charge in [0.2, 0.25) is 11.8 Å². The normalized spacial score (nSPS) is 18.0. The maximum atomic E-state index is 12.5. The van der Waals surface area contributed by atoms with Crippen LogP contribution in [0.1, 0.15) is 44.6 Å². The molecule has 1 saturated heterocycles. The van der Waals surface area contributed by atoms with Crippen LogP contribution in [0, 0.1) is 0 Å². The van der Waals surface area contributed by atoms with Crippen molar-refractivity contribution in [1.82, 2.24) is 10.2 Å². The highest BCUT2D eigenvalue weighted by Gasteiger charge is 2.31. The molecule has 0 aromatic heterocycles. The molecule has 1 N–H and O–H groups in total. The molecule has 0 saturated carbocycles. The molecule has 1 aromatic rings. The number of hydrogen-bond acceptors (Lipinski definition) is 4. The summed E-state index contributed by atoms with van der Waals surface area (Å²) in [6, 6.07) is 6.11. The molecule has 1 unspecified atom stereocenters. The van der Waals surface area contributed by atoms with Crippen molar-refractivity contribution < 1.29 is 18.0 Å². The number of hydrogen-bond donors (Lipinski definition) is 1. The van der Waals surface area contributed by atoms with Gasteiger partial charge in [-0.25, -0.2) is 8.42 Å². The standard InChI is InChI=1S/C18H26N2O4S/c1-3-7-17(21)20-11-5-4-10-16(20)18(22)19-13-14-8-6-9-15(12-14)25(2,23)24/h6,8-9,12,16H,3-5,7,10-11,13H2,1-2H3,(H,19,22). The van der Waals surface area contributed by atoms with E-state index in [1.807, 2.05) is 6.92 Å². The Balaban J connectivity index is 2.02. The highest BCUT2D eigenvalue weighted by atomic mass is 32.2. The fourth-order valence-corrected chi connectivity index (χ4v) is 3.74. The topological polar surface area (TPSA) is 83.6 Å². The number of likely N-dealkylation sites (tertiary alicyclic amines) is 1. The summed E-state index contributed by atoms with van der Waals surface area (Å²) in [5.41, 5.74) is 0.721. The van der Waals surface area contributed by atoms with E-state index >= 15 is 0 Å². The average molecular weight is 366 g/mol. The number of nitrogens with zero attached hydrogens (tertiary/aromatic N) is 1. The van der Waals surface area contributed by atoms with Crippen LogP contribution in [0.2, 0.25) is 0 Å². The Hall–Kier alpha value is -1.89. The minimum atomic E-state index is -3.28. The molecular weight excluding hydrogens is 340 g/mol. The second-order valence-electron chi connectivity index (χ2n) is 6.49. The summed E-state index contributed by atoms with van der Waals surface area (Å²) >= 11 is 0. The molecule has 0 spiro atoms. The lowest BCUT2D eigenvalue weighted by molar-refractivity contribution is -0.142. The maximum absolute atomic E-state index is 12.5. The van der Waals surface area contributed by atoms with Gasteiger partial charge in [-0.2, -0.15) is 0 Å². The van der Waals surface area contributed by atoms with Crippen molar-refractivity contribution in [3.8, 4) is 0 Å². The predicted octanol–water partition coefficient (Wildman–Crippen LogP) is 1.89. The molecule has 25 heavy (non-hydrogen) atoms. The largest absolute Gasteiger partial charge is 0.350 e. The number of carbonyl (C=O) groups is 2. The van der Waals surface area contributed by atoms with Crippen LogP contribution in [0.15, 0.2) is 29.2 Å². The van der Waals surface area contributed by atoms with Gasteiger partial charge in [-0.1, -0.05) is 19.1 Å². The van der Waals surface area contributed by atoms with Gasteiger partial charge in [-0.3, -0.25) is 9.59 Å². The smallest absolute Gasteiger partial charge is 0.243 e. The number of nitrogens with one attached hydrogen (secondary N) is 1. The number of benzene rings is 1. The van der Waals surface area contributed by atoms with Crippen molar-refractivity contribution in [3.63, 3.8) is 0 Å². The SMILES string of the molecule is CCCC(=O)N1CCCCC1C(=O)NCc1cccc(S(C)(=O)=O)c1. The monoisotopic (exact) mass is 366 g/mol. The highest BCUT2D eigenvalue weighted by molar-refractivity contribution is 7.90. The Morgan fingerprint density at radius 1 is 1.28 bits per heavy atom. The third-order valence-electron chi connectivity index (χ3n) is 4.38. The number of sulfone groups is 1. The summed E-state index contributed by atoms with van der Waals surface area (Å²) in [5, 5.41) is 2.85. The molecule has 1 atom stereocenters. The van der Waals surface area contributed by atoms with E-state index in [1.54, 1.807) is 23.1 Å². The van der Waals surface area contributed by atoms with Crippen molar-refractivity contribution >= 4 is 21.7 Å². The minimum Gasteiger partial charge on any atom is -0.350 e. The van der Waals surface area contributed by atoms with Gasteiger partial charge >= 0.3 is 0 Å². The first kappa shape index (κ1) is 19.4. The molecular formula is C18H26N2O4S. The van der Waals surface area contributed by atoms with Gasteiger partial charge in [0.15, 0.2) is 9.84 Å². The molecule has 2 amide bonds. The van der Waals surface area contributed by atoms with Gasteiger partial charge in [0.25, 0.3) is 0 Å². The van der Waals surface area contributed by atoms with Gasteiger partial charge in [0.05, 0.1) is 4.90 Å². The minimum absolute atomic E-state index is 0.0291. The Bertz CT molecular complexity index is 730. The molecule has 2 rings (SSSR count). The molecule has 1 heterocycles. The summed E-state index contributed by atoms with van der Waals surface area (Å²) in [6.45, 7) is 2.82. The molecule has 138 valence electrons. The first-order chi connectivity index (χ1) is 11.8. The number of rotatable bonds is 6. The molecule has 7 heteroatoms. The van der Waals surface area contributed by atoms with Gasteiger partial charge in [-0.15, -0.1) is 0 Å². The fraction of sp³-hybridized carbons (Fsp3) is 0.556. The molecule has 6 nitrogen and oxygen atoms in total. The summed E-state index contributed by atoms with van der Waals surface area (Å²) in [7, 11) is -3.28. The van der Waals surface area contributed by atoms with Crippen molar-refractivity contribution in [1.29, 1.82) is 0 Å². The lowest BCUT2D eigenvalue weighted by atomic mass is 10.0. The zero-order valence-corrected chi connectivity index (χ0v) is 15.6. The van der Waals surface area contributed by atoms with Crippen LogP contribution in [-0.2, 0) is 26.0 Å². The Labute approximate surface area is 149 Å². The first-order valence-electron chi connectivity index (χ1n) is 8.69. The summed E-state index contributed by atoms with van der Waals surface area (Å²) < 4.78 is 23.2. The van der Waals surface area contributed by atoms with Crippen LogP contribution >= 0.6 is 0 Å². The van der Waals surface area contributed by atoms with E-state index in [0.29, 0.717) is 19.4 Å². The molecule has 0 bridgehead atoms. The number of carbonyl (C=O) groups excluding carboxylic acids is 2. The molecule has 1 aliphatic rings. The van der Waals surface area contributed by atoms with E-state index in [-0.39, 0.29) is 23.3 Å². The molecule has 1 aliphatic heterocycles. The van der Waals surface area contributed by atoms with Crippen LogP contribution in [-0.4, -0.2) is 44.0 Å². The van der Waals surface area contributed by atoms with E-state index < -0.39 is 15.9 Å². The maximum Gasteiger partial charge on any atom is 0.243 e. The zero-order chi connectivity index (χ0) is 18.4. The molecule has 0 radical (unpaired) electrons. The van der Waals surface area contributed by atoms with Gasteiger partial charge < -0.3 is 10.2 Å². The molecule has 1 aromatic carbocycles. The zero-order valence-electron chi connectivity index (χ0n) is 14.8. The third-order valence-corrected chi connectivity index (χ3v) is 5.49. The van der Waals surface area contributed by atoms with Crippen molar-refractivity contribution in [3.05, 3.63) is 29.8 Å². The Kier molecular flexibility index (Phi) is 6.58. The van der Waals surface area contributed by atoms with Crippen molar-refractivity contribution in [2.75, 3.05) is 12.8 Å². The van der Waals surface area contributed by atoms with Crippen LogP contribution in [0.25, 0.3) is 0 Å². The first-order valence-corrected chi connectivity index (χ1v) is 10.6. The average Bonchev–Trinajstić information content (AvgIpc) is 2.59. The quantitative estimate of drug-likeness (QED) is 0.833. The number of amides is 2. The van der Waals surface area contributed by atoms with E-state index in [4.69, 9.17) is 0 Å². The fourth-order valence-electron chi connectivity index (χ4n) is 3.05. The van der Waals surface area contributed by atoms with E-state index in [1.165, 1.54) is 6.07 Å². The second-order valence-corrected chi connectivity index (χ2v) is 8.50. The van der Waals surface area contributed by atoms with Crippen LogP contribution in [0.5, 0.6) is 0 Å². The lowest BCUT2D eigenvalue weighted by Crippen LogP contribution is -2.51. The predicted molar refractivity (Wildman–Crippen MR) is 95.7 cm³/mol. The van der Waals surface area contributed by atoms with E-state index in [9.17, 15) is 18.0 Å². The van der Waals surface area contributed by atoms with Crippen molar-refractivity contribution in [2.45, 2.75) is 56.5 Å². The highest BCUT2D eigenvalue weighted by Crippen LogP contribution is 2.19. The van der Waals surface area contributed by atoms with Gasteiger partial charge in [0, 0.05) is 25.8 Å². The van der Waals surface area contributed by atoms with Crippen LogP contribution < -0.4 is 5.32 Å². The summed E-state index contributed by atoms with van der Waals surface area (Å²) in [6.07, 6.45) is 4.91. The third kappa shape index (κ3) is 5.29. The number of piperidine rings is 1. The van der Waals surface area contributed by atoms with Gasteiger partial charge in [-0.05, 0) is 43.4 Å². The lowest BCUT2D eigenvalue weighted by Gasteiger charge is -2.34. The second kappa shape index (κ2) is 8.47. The van der Waals surface area contributed by atoms with Crippen LogP contribution in [0.3, 0.4) is 0 Å². The van der Waals surface area contributed by atoms with Gasteiger partial charge in [0.1, 0.15) is 6.04 Å². The molecule has 0 aliphatic carbocycles.